The normalized spacial score (nSPS) is 18.0. The number of carbonyl (C=O) groups excluding carboxylic acids is 2. The van der Waals surface area contributed by atoms with Crippen molar-refractivity contribution in [2.24, 2.45) is 0 Å². The van der Waals surface area contributed by atoms with Crippen molar-refractivity contribution in [1.82, 2.24) is 9.88 Å². The van der Waals surface area contributed by atoms with Crippen molar-refractivity contribution in [3.63, 3.8) is 0 Å². The molecule has 1 atom stereocenters. The van der Waals surface area contributed by atoms with Crippen LogP contribution in [0.2, 0.25) is 5.02 Å². The van der Waals surface area contributed by atoms with Crippen molar-refractivity contribution >= 4 is 40.0 Å². The predicted octanol–water partition coefficient (Wildman–Crippen LogP) is 5.36. The van der Waals surface area contributed by atoms with Crippen LogP contribution < -0.4 is 4.74 Å². The molecule has 1 amide bonds. The van der Waals surface area contributed by atoms with E-state index in [4.69, 9.17) is 16.3 Å². The topological polar surface area (TPSA) is 82.6 Å². The number of aromatic amines is 1. The summed E-state index contributed by atoms with van der Waals surface area (Å²) in [5.41, 5.74) is 3.01. The van der Waals surface area contributed by atoms with E-state index < -0.39 is 17.7 Å². The zero-order chi connectivity index (χ0) is 23.0. The zero-order valence-corrected chi connectivity index (χ0v) is 19.0. The van der Waals surface area contributed by atoms with Gasteiger partial charge in [0.05, 0.1) is 23.7 Å². The van der Waals surface area contributed by atoms with Crippen molar-refractivity contribution in [2.45, 2.75) is 32.7 Å². The first-order valence-electron chi connectivity index (χ1n) is 10.6. The van der Waals surface area contributed by atoms with E-state index in [2.05, 4.69) is 4.98 Å². The SMILES string of the molecule is CCCCN1C(=O)C(=O)/C(=C(/O)c2ccc(Cl)c(OC)c2)C1c1c(C)[nH]c2ccccc12. The molecule has 1 aliphatic heterocycles. The number of carbonyl (C=O) groups is 2. The van der Waals surface area contributed by atoms with Crippen LogP contribution >= 0.6 is 11.6 Å². The lowest BCUT2D eigenvalue weighted by atomic mass is 9.93. The lowest BCUT2D eigenvalue weighted by Gasteiger charge is -2.25. The number of benzene rings is 2. The van der Waals surface area contributed by atoms with Crippen LogP contribution in [0.4, 0.5) is 0 Å². The highest BCUT2D eigenvalue weighted by atomic mass is 35.5. The van der Waals surface area contributed by atoms with Crippen LogP contribution in [0.25, 0.3) is 16.7 Å². The quantitative estimate of drug-likeness (QED) is 0.299. The third-order valence-corrected chi connectivity index (χ3v) is 6.25. The van der Waals surface area contributed by atoms with Crippen LogP contribution in [0.15, 0.2) is 48.0 Å². The Kier molecular flexibility index (Phi) is 5.98. The second-order valence-electron chi connectivity index (χ2n) is 7.90. The number of hydrogen-bond donors (Lipinski definition) is 2. The Morgan fingerprint density at radius 2 is 1.97 bits per heavy atom. The van der Waals surface area contributed by atoms with Gasteiger partial charge in [0.25, 0.3) is 11.7 Å². The van der Waals surface area contributed by atoms with Gasteiger partial charge in [0.2, 0.25) is 0 Å². The molecular formula is C25H25ClN2O4. The fraction of sp³-hybridized carbons (Fsp3) is 0.280. The van der Waals surface area contributed by atoms with Crippen molar-refractivity contribution in [1.29, 1.82) is 0 Å². The molecule has 1 unspecified atom stereocenters. The fourth-order valence-corrected chi connectivity index (χ4v) is 4.55. The van der Waals surface area contributed by atoms with Gasteiger partial charge in [0.15, 0.2) is 0 Å². The Morgan fingerprint density at radius 3 is 2.69 bits per heavy atom. The molecule has 2 N–H and O–H groups in total. The Morgan fingerprint density at radius 1 is 1.22 bits per heavy atom. The molecule has 1 aliphatic rings. The first-order chi connectivity index (χ1) is 15.4. The largest absolute Gasteiger partial charge is 0.507 e. The molecule has 166 valence electrons. The van der Waals surface area contributed by atoms with Crippen LogP contribution in [0.5, 0.6) is 5.75 Å². The lowest BCUT2D eigenvalue weighted by Crippen LogP contribution is -2.30. The number of aromatic nitrogens is 1. The number of methoxy groups -OCH3 is 1. The lowest BCUT2D eigenvalue weighted by molar-refractivity contribution is -0.139. The maximum absolute atomic E-state index is 13.2. The van der Waals surface area contributed by atoms with E-state index in [-0.39, 0.29) is 11.3 Å². The number of halogens is 1. The Labute approximate surface area is 191 Å². The number of ketones is 1. The number of likely N-dealkylation sites (tertiary alicyclic amines) is 1. The second kappa shape index (κ2) is 8.71. The summed E-state index contributed by atoms with van der Waals surface area (Å²) in [5, 5.41) is 12.6. The number of hydrogen-bond acceptors (Lipinski definition) is 4. The van der Waals surface area contributed by atoms with Crippen molar-refractivity contribution in [3.8, 4) is 5.75 Å². The van der Waals surface area contributed by atoms with E-state index >= 15 is 0 Å². The van der Waals surface area contributed by atoms with Crippen molar-refractivity contribution in [3.05, 3.63) is 69.9 Å². The number of unbranched alkanes of at least 4 members (excludes halogenated alkanes) is 1. The predicted molar refractivity (Wildman–Crippen MR) is 125 cm³/mol. The third kappa shape index (κ3) is 3.54. The molecule has 0 saturated carbocycles. The molecule has 7 heteroatoms. The number of H-pyrrole nitrogens is 1. The summed E-state index contributed by atoms with van der Waals surface area (Å²) in [5.74, 6) is -1.17. The van der Waals surface area contributed by atoms with Crippen LogP contribution in [0.1, 0.15) is 42.6 Å². The Bertz CT molecular complexity index is 1240. The average molecular weight is 453 g/mol. The summed E-state index contributed by atoms with van der Waals surface area (Å²) in [6.07, 6.45) is 1.62. The molecule has 4 rings (SSSR count). The molecule has 0 aliphatic carbocycles. The van der Waals surface area contributed by atoms with Crippen LogP contribution in [-0.4, -0.2) is 40.3 Å². The van der Waals surface area contributed by atoms with Gasteiger partial charge >= 0.3 is 0 Å². The fourth-order valence-electron chi connectivity index (χ4n) is 4.35. The number of Topliss-reactive ketones (excluding diaryl/α,β-unsaturated/α-hetero) is 1. The molecule has 3 aromatic rings. The summed E-state index contributed by atoms with van der Waals surface area (Å²) in [6, 6.07) is 11.8. The highest BCUT2D eigenvalue weighted by Crippen LogP contribution is 2.44. The van der Waals surface area contributed by atoms with Gasteiger partial charge in [-0.3, -0.25) is 9.59 Å². The molecule has 0 radical (unpaired) electrons. The van der Waals surface area contributed by atoms with Gasteiger partial charge in [-0.15, -0.1) is 0 Å². The number of aliphatic hydroxyl groups is 1. The molecule has 1 fully saturated rings. The summed E-state index contributed by atoms with van der Waals surface area (Å²) in [4.78, 5) is 31.2. The average Bonchev–Trinajstić information content (AvgIpc) is 3.24. The minimum Gasteiger partial charge on any atom is -0.507 e. The number of rotatable bonds is 6. The Balaban J connectivity index is 1.97. The van der Waals surface area contributed by atoms with Gasteiger partial charge in [0, 0.05) is 34.3 Å². The Hall–Kier alpha value is -3.25. The maximum Gasteiger partial charge on any atom is 0.295 e. The number of aryl methyl sites for hydroxylation is 1. The van der Waals surface area contributed by atoms with E-state index in [1.807, 2.05) is 38.1 Å². The highest BCUT2D eigenvalue weighted by Gasteiger charge is 2.47. The number of para-hydroxylation sites is 1. The highest BCUT2D eigenvalue weighted by molar-refractivity contribution is 6.46. The molecule has 2 aromatic carbocycles. The number of nitrogens with zero attached hydrogens (tertiary/aromatic N) is 1. The molecule has 32 heavy (non-hydrogen) atoms. The molecule has 2 heterocycles. The summed E-state index contributed by atoms with van der Waals surface area (Å²) >= 11 is 6.13. The standard InChI is InChI=1S/C25H25ClN2O4/c1-4-5-12-28-22(20-14(2)27-18-9-7-6-8-16(18)20)21(24(30)25(28)31)23(29)15-10-11-17(26)19(13-15)32-3/h6-11,13,22,27,29H,4-5,12H2,1-3H3/b23-21+. The monoisotopic (exact) mass is 452 g/mol. The molecule has 1 aromatic heterocycles. The number of fused-ring (bicyclic) bond motifs is 1. The minimum atomic E-state index is -0.695. The molecule has 6 nitrogen and oxygen atoms in total. The number of aliphatic hydroxyl groups excluding tert-OH is 1. The molecule has 1 saturated heterocycles. The summed E-state index contributed by atoms with van der Waals surface area (Å²) < 4.78 is 5.26. The van der Waals surface area contributed by atoms with Gasteiger partial charge in [0.1, 0.15) is 11.5 Å². The van der Waals surface area contributed by atoms with E-state index in [1.54, 1.807) is 23.1 Å². The molecule has 0 bridgehead atoms. The van der Waals surface area contributed by atoms with Gasteiger partial charge in [-0.05, 0) is 37.6 Å². The molecular weight excluding hydrogens is 428 g/mol. The van der Waals surface area contributed by atoms with Gasteiger partial charge in [-0.25, -0.2) is 0 Å². The summed E-state index contributed by atoms with van der Waals surface area (Å²) in [7, 11) is 1.48. The minimum absolute atomic E-state index is 0.0725. The van der Waals surface area contributed by atoms with E-state index in [9.17, 15) is 14.7 Å². The smallest absolute Gasteiger partial charge is 0.295 e. The van der Waals surface area contributed by atoms with Gasteiger partial charge in [-0.1, -0.05) is 43.1 Å². The van der Waals surface area contributed by atoms with E-state index in [0.29, 0.717) is 22.9 Å². The number of nitrogens with one attached hydrogen (secondary N) is 1. The van der Waals surface area contributed by atoms with Crippen molar-refractivity contribution in [2.75, 3.05) is 13.7 Å². The van der Waals surface area contributed by atoms with Gasteiger partial charge in [-0.2, -0.15) is 0 Å². The van der Waals surface area contributed by atoms with Crippen molar-refractivity contribution < 1.29 is 19.4 Å². The first-order valence-corrected chi connectivity index (χ1v) is 11.0. The first kappa shape index (κ1) is 22.0. The van der Waals surface area contributed by atoms with E-state index in [1.165, 1.54) is 7.11 Å². The summed E-state index contributed by atoms with van der Waals surface area (Å²) in [6.45, 7) is 4.37. The maximum atomic E-state index is 13.2. The number of ether oxygens (including phenoxy) is 1. The molecule has 0 spiro atoms. The number of amides is 1. The van der Waals surface area contributed by atoms with Crippen LogP contribution in [-0.2, 0) is 9.59 Å². The van der Waals surface area contributed by atoms with E-state index in [0.717, 1.165) is 35.0 Å². The van der Waals surface area contributed by atoms with Gasteiger partial charge < -0.3 is 19.7 Å². The van der Waals surface area contributed by atoms with Crippen LogP contribution in [0.3, 0.4) is 0 Å². The van der Waals surface area contributed by atoms with Crippen LogP contribution in [0, 0.1) is 6.92 Å². The second-order valence-corrected chi connectivity index (χ2v) is 8.31. The third-order valence-electron chi connectivity index (χ3n) is 5.93. The zero-order valence-electron chi connectivity index (χ0n) is 18.2.